The van der Waals surface area contributed by atoms with Crippen molar-refractivity contribution in [3.8, 4) is 0 Å². The highest BCUT2D eigenvalue weighted by atomic mass is 16.5. The minimum absolute atomic E-state index is 0.101. The molecule has 4 bridgehead atoms. The molecule has 7 heteroatoms. The van der Waals surface area contributed by atoms with Crippen molar-refractivity contribution in [1.29, 1.82) is 0 Å². The van der Waals surface area contributed by atoms with E-state index in [1.807, 2.05) is 24.3 Å². The van der Waals surface area contributed by atoms with E-state index in [0.29, 0.717) is 36.8 Å². The highest BCUT2D eigenvalue weighted by Crippen LogP contribution is 2.60. The summed E-state index contributed by atoms with van der Waals surface area (Å²) in [5.74, 6) is 3.66. The third-order valence-corrected chi connectivity index (χ3v) is 7.61. The molecule has 7 nitrogen and oxygen atoms in total. The van der Waals surface area contributed by atoms with Gasteiger partial charge >= 0.3 is 0 Å². The van der Waals surface area contributed by atoms with Crippen molar-refractivity contribution in [3.05, 3.63) is 47.1 Å². The molecule has 2 aromatic rings. The van der Waals surface area contributed by atoms with Gasteiger partial charge in [-0.1, -0.05) is 17.3 Å². The fourth-order valence-corrected chi connectivity index (χ4v) is 6.52. The molecule has 2 amide bonds. The van der Waals surface area contributed by atoms with Gasteiger partial charge in [-0.2, -0.15) is 4.98 Å². The Morgan fingerprint density at radius 1 is 1.03 bits per heavy atom. The third kappa shape index (κ3) is 4.43. The predicted octanol–water partition coefficient (Wildman–Crippen LogP) is 3.57. The van der Waals surface area contributed by atoms with E-state index < -0.39 is 0 Å². The molecule has 0 aliphatic heterocycles. The fraction of sp³-hybridized carbons (Fsp3) is 0.600. The van der Waals surface area contributed by atoms with Crippen molar-refractivity contribution in [2.75, 3.05) is 6.54 Å². The monoisotopic (exact) mass is 436 g/mol. The number of aromatic nitrogens is 2. The number of hydrogen-bond acceptors (Lipinski definition) is 5. The average Bonchev–Trinajstić information content (AvgIpc) is 3.19. The number of benzene rings is 1. The summed E-state index contributed by atoms with van der Waals surface area (Å²) in [5.41, 5.74) is 1.52. The number of rotatable bonds is 8. The van der Waals surface area contributed by atoms with E-state index in [0.717, 1.165) is 49.0 Å². The van der Waals surface area contributed by atoms with Crippen molar-refractivity contribution in [3.63, 3.8) is 0 Å². The van der Waals surface area contributed by atoms with Gasteiger partial charge < -0.3 is 15.2 Å². The number of nitrogens with one attached hydrogen (secondary N) is 2. The summed E-state index contributed by atoms with van der Waals surface area (Å²) in [5, 5.41) is 9.88. The molecule has 6 rings (SSSR count). The quantitative estimate of drug-likeness (QED) is 0.617. The molecule has 0 spiro atoms. The molecule has 0 saturated heterocycles. The first-order chi connectivity index (χ1) is 15.5. The molecule has 0 atom stereocenters. The molecule has 1 heterocycles. The number of amides is 2. The van der Waals surface area contributed by atoms with Crippen molar-refractivity contribution in [2.24, 2.45) is 23.2 Å². The van der Waals surface area contributed by atoms with Crippen LogP contribution in [0.15, 0.2) is 28.8 Å². The zero-order valence-electron chi connectivity index (χ0n) is 18.7. The molecule has 0 radical (unpaired) electrons. The van der Waals surface area contributed by atoms with Gasteiger partial charge in [-0.05, 0) is 87.3 Å². The lowest BCUT2D eigenvalue weighted by atomic mass is 9.49. The fourth-order valence-electron chi connectivity index (χ4n) is 6.52. The Morgan fingerprint density at radius 2 is 1.69 bits per heavy atom. The second kappa shape index (κ2) is 8.68. The van der Waals surface area contributed by atoms with Crippen molar-refractivity contribution >= 4 is 11.8 Å². The zero-order valence-corrected chi connectivity index (χ0v) is 18.7. The number of carbonyl (C=O) groups is 2. The van der Waals surface area contributed by atoms with E-state index in [2.05, 4.69) is 20.8 Å². The zero-order chi connectivity index (χ0) is 22.1. The summed E-state index contributed by atoms with van der Waals surface area (Å²) in [7, 11) is 0. The Morgan fingerprint density at radius 3 is 2.28 bits per heavy atom. The Balaban J connectivity index is 1.08. The van der Waals surface area contributed by atoms with E-state index in [9.17, 15) is 9.59 Å². The SMILES string of the molecule is Cc1noc(CCCNC(=O)c2ccc(CNC(=O)C34CC5CC(CC(C5)C3)C4)cc2)n1. The molecule has 170 valence electrons. The molecular weight excluding hydrogens is 404 g/mol. The van der Waals surface area contributed by atoms with Gasteiger partial charge in [0.15, 0.2) is 5.82 Å². The molecule has 1 aromatic heterocycles. The van der Waals surface area contributed by atoms with Crippen LogP contribution in [0.1, 0.15) is 72.6 Å². The van der Waals surface area contributed by atoms with Crippen LogP contribution in [0.2, 0.25) is 0 Å². The molecule has 4 aliphatic carbocycles. The Hall–Kier alpha value is -2.70. The molecule has 4 saturated carbocycles. The topological polar surface area (TPSA) is 97.1 Å². The number of hydrogen-bond donors (Lipinski definition) is 2. The van der Waals surface area contributed by atoms with E-state index in [-0.39, 0.29) is 17.2 Å². The minimum Gasteiger partial charge on any atom is -0.352 e. The van der Waals surface area contributed by atoms with Gasteiger partial charge in [-0.15, -0.1) is 0 Å². The van der Waals surface area contributed by atoms with Gasteiger partial charge in [0.1, 0.15) is 0 Å². The predicted molar refractivity (Wildman–Crippen MR) is 119 cm³/mol. The van der Waals surface area contributed by atoms with Crippen LogP contribution in [0.4, 0.5) is 0 Å². The van der Waals surface area contributed by atoms with Crippen molar-refractivity contribution in [1.82, 2.24) is 20.8 Å². The Kier molecular flexibility index (Phi) is 5.74. The molecule has 0 unspecified atom stereocenters. The van der Waals surface area contributed by atoms with Crippen LogP contribution in [0.3, 0.4) is 0 Å². The van der Waals surface area contributed by atoms with Gasteiger partial charge in [0, 0.05) is 30.5 Å². The van der Waals surface area contributed by atoms with E-state index in [1.54, 1.807) is 6.92 Å². The van der Waals surface area contributed by atoms with Crippen molar-refractivity contribution < 1.29 is 14.1 Å². The maximum atomic E-state index is 13.1. The normalized spacial score (nSPS) is 28.0. The number of carbonyl (C=O) groups excluding carboxylic acids is 2. The smallest absolute Gasteiger partial charge is 0.251 e. The second-order valence-electron chi connectivity index (χ2n) is 10.2. The van der Waals surface area contributed by atoms with E-state index in [1.165, 1.54) is 19.3 Å². The van der Waals surface area contributed by atoms with E-state index in [4.69, 9.17) is 4.52 Å². The Labute approximate surface area is 188 Å². The van der Waals surface area contributed by atoms with Crippen LogP contribution >= 0.6 is 0 Å². The molecular formula is C25H32N4O3. The van der Waals surface area contributed by atoms with Gasteiger partial charge in [0.25, 0.3) is 5.91 Å². The first-order valence-electron chi connectivity index (χ1n) is 11.9. The van der Waals surface area contributed by atoms with Gasteiger partial charge in [-0.3, -0.25) is 9.59 Å². The molecule has 4 fully saturated rings. The molecule has 32 heavy (non-hydrogen) atoms. The molecule has 4 aliphatic rings. The van der Waals surface area contributed by atoms with Gasteiger partial charge in [0.05, 0.1) is 0 Å². The highest BCUT2D eigenvalue weighted by Gasteiger charge is 2.54. The molecule has 2 N–H and O–H groups in total. The maximum Gasteiger partial charge on any atom is 0.251 e. The molecule has 1 aromatic carbocycles. The third-order valence-electron chi connectivity index (χ3n) is 7.61. The van der Waals surface area contributed by atoms with Crippen molar-refractivity contribution in [2.45, 2.75) is 64.8 Å². The largest absolute Gasteiger partial charge is 0.352 e. The van der Waals surface area contributed by atoms with Crippen LogP contribution in [0, 0.1) is 30.1 Å². The summed E-state index contributed by atoms with van der Waals surface area (Å²) in [4.78, 5) is 29.6. The number of aryl methyl sites for hydroxylation is 2. The summed E-state index contributed by atoms with van der Waals surface area (Å²) in [6.07, 6.45) is 8.64. The number of nitrogens with zero attached hydrogens (tertiary/aromatic N) is 2. The van der Waals surface area contributed by atoms with E-state index >= 15 is 0 Å². The first-order valence-corrected chi connectivity index (χ1v) is 11.9. The van der Waals surface area contributed by atoms with Gasteiger partial charge in [-0.25, -0.2) is 0 Å². The lowest BCUT2D eigenvalue weighted by Crippen LogP contribution is -2.53. The van der Waals surface area contributed by atoms with Crippen LogP contribution in [-0.4, -0.2) is 28.5 Å². The second-order valence-corrected chi connectivity index (χ2v) is 10.2. The summed E-state index contributed by atoms with van der Waals surface area (Å²) < 4.78 is 5.07. The maximum absolute atomic E-state index is 13.1. The standard InChI is InChI=1S/C25H32N4O3/c1-16-28-22(32-29-16)3-2-8-26-23(30)21-6-4-17(5-7-21)15-27-24(31)25-12-18-9-19(13-25)11-20(10-18)14-25/h4-7,18-20H,2-3,8-15H2,1H3,(H,26,30)(H,27,31). The average molecular weight is 437 g/mol. The first kappa shape index (κ1) is 21.2. The summed E-state index contributed by atoms with van der Waals surface area (Å²) in [6, 6.07) is 7.50. The lowest BCUT2D eigenvalue weighted by molar-refractivity contribution is -0.146. The van der Waals surface area contributed by atoms with Crippen LogP contribution in [0.5, 0.6) is 0 Å². The minimum atomic E-state index is -0.117. The highest BCUT2D eigenvalue weighted by molar-refractivity contribution is 5.94. The van der Waals surface area contributed by atoms with Crippen LogP contribution in [0.25, 0.3) is 0 Å². The lowest BCUT2D eigenvalue weighted by Gasteiger charge is -2.55. The van der Waals surface area contributed by atoms with Crippen LogP contribution < -0.4 is 10.6 Å². The Bertz CT molecular complexity index is 946. The van der Waals surface area contributed by atoms with Gasteiger partial charge in [0.2, 0.25) is 11.8 Å². The summed E-state index contributed by atoms with van der Waals surface area (Å²) in [6.45, 7) is 2.85. The van der Waals surface area contributed by atoms with Crippen LogP contribution in [-0.2, 0) is 17.8 Å². The summed E-state index contributed by atoms with van der Waals surface area (Å²) >= 11 is 0.